The molecule has 1 aliphatic heterocycles. The van der Waals surface area contributed by atoms with Gasteiger partial charge in [0.15, 0.2) is 0 Å². The lowest BCUT2D eigenvalue weighted by Gasteiger charge is -2.32. The van der Waals surface area contributed by atoms with Gasteiger partial charge < -0.3 is 15.0 Å². The summed E-state index contributed by atoms with van der Waals surface area (Å²) in [6.07, 6.45) is 5.34. The largest absolute Gasteiger partial charge is 0.495 e. The SMILES string of the molecule is COc1ccccc1NC(=O)C1CC12CCN(Cc1c[nH]c3ccccc13)CC2. The number of nitrogens with zero attached hydrogens (tertiary/aromatic N) is 1. The third kappa shape index (κ3) is 3.40. The van der Waals surface area contributed by atoms with Crippen LogP contribution in [0.5, 0.6) is 5.75 Å². The molecule has 29 heavy (non-hydrogen) atoms. The van der Waals surface area contributed by atoms with Gasteiger partial charge in [0.1, 0.15) is 5.75 Å². The molecular formula is C24H27N3O2. The Morgan fingerprint density at radius 2 is 1.93 bits per heavy atom. The Morgan fingerprint density at radius 3 is 2.76 bits per heavy atom. The molecule has 1 aromatic heterocycles. The van der Waals surface area contributed by atoms with Crippen LogP contribution >= 0.6 is 0 Å². The molecular weight excluding hydrogens is 362 g/mol. The molecule has 2 aromatic carbocycles. The number of fused-ring (bicyclic) bond motifs is 1. The zero-order valence-electron chi connectivity index (χ0n) is 16.8. The van der Waals surface area contributed by atoms with E-state index in [-0.39, 0.29) is 17.2 Å². The van der Waals surface area contributed by atoms with Gasteiger partial charge in [0.05, 0.1) is 12.8 Å². The first-order valence-corrected chi connectivity index (χ1v) is 10.4. The Hall–Kier alpha value is -2.79. The number of hydrogen-bond acceptors (Lipinski definition) is 3. The van der Waals surface area contributed by atoms with Gasteiger partial charge >= 0.3 is 0 Å². The van der Waals surface area contributed by atoms with E-state index in [2.05, 4.69) is 45.7 Å². The van der Waals surface area contributed by atoms with Crippen LogP contribution < -0.4 is 10.1 Å². The van der Waals surface area contributed by atoms with Crippen LogP contribution in [0.4, 0.5) is 5.69 Å². The number of para-hydroxylation sites is 3. The minimum Gasteiger partial charge on any atom is -0.495 e. The maximum Gasteiger partial charge on any atom is 0.228 e. The maximum atomic E-state index is 12.8. The van der Waals surface area contributed by atoms with Crippen LogP contribution in [-0.2, 0) is 11.3 Å². The predicted octanol–water partition coefficient (Wildman–Crippen LogP) is 4.42. The molecule has 2 N–H and O–H groups in total. The molecule has 1 saturated carbocycles. The summed E-state index contributed by atoms with van der Waals surface area (Å²) in [5, 5.41) is 4.39. The van der Waals surface area contributed by atoms with Crippen LogP contribution in [0.1, 0.15) is 24.8 Å². The van der Waals surface area contributed by atoms with Crippen LogP contribution in [0, 0.1) is 11.3 Å². The number of aromatic amines is 1. The number of H-pyrrole nitrogens is 1. The molecule has 1 atom stereocenters. The molecule has 2 heterocycles. The van der Waals surface area contributed by atoms with Gasteiger partial charge in [-0.25, -0.2) is 0 Å². The quantitative estimate of drug-likeness (QED) is 0.679. The lowest BCUT2D eigenvalue weighted by molar-refractivity contribution is -0.118. The van der Waals surface area contributed by atoms with Crippen molar-refractivity contribution in [2.75, 3.05) is 25.5 Å². The topological polar surface area (TPSA) is 57.4 Å². The highest BCUT2D eigenvalue weighted by Gasteiger charge is 2.58. The number of hydrogen-bond donors (Lipinski definition) is 2. The van der Waals surface area contributed by atoms with E-state index in [1.165, 1.54) is 16.5 Å². The fourth-order valence-corrected chi connectivity index (χ4v) is 4.90. The van der Waals surface area contributed by atoms with E-state index in [0.29, 0.717) is 5.75 Å². The minimum absolute atomic E-state index is 0.127. The Morgan fingerprint density at radius 1 is 1.17 bits per heavy atom. The number of likely N-dealkylation sites (tertiary alicyclic amines) is 1. The molecule has 0 bridgehead atoms. The normalized spacial score (nSPS) is 20.7. The van der Waals surface area contributed by atoms with Crippen molar-refractivity contribution in [3.05, 3.63) is 60.3 Å². The maximum absolute atomic E-state index is 12.8. The molecule has 2 aliphatic rings. The van der Waals surface area contributed by atoms with Crippen molar-refractivity contribution < 1.29 is 9.53 Å². The Labute approximate surface area is 171 Å². The number of rotatable bonds is 5. The fraction of sp³-hybridized carbons (Fsp3) is 0.375. The molecule has 1 amide bonds. The van der Waals surface area contributed by atoms with E-state index in [0.717, 1.165) is 44.6 Å². The molecule has 150 valence electrons. The molecule has 1 saturated heterocycles. The monoisotopic (exact) mass is 389 g/mol. The number of carbonyl (C=O) groups is 1. The summed E-state index contributed by atoms with van der Waals surface area (Å²) >= 11 is 0. The number of aromatic nitrogens is 1. The molecule has 5 nitrogen and oxygen atoms in total. The molecule has 2 fully saturated rings. The lowest BCUT2D eigenvalue weighted by Crippen LogP contribution is -2.35. The summed E-state index contributed by atoms with van der Waals surface area (Å²) in [4.78, 5) is 18.7. The number of methoxy groups -OCH3 is 1. The second-order valence-corrected chi connectivity index (χ2v) is 8.44. The van der Waals surface area contributed by atoms with E-state index in [1.807, 2.05) is 24.3 Å². The van der Waals surface area contributed by atoms with Crippen molar-refractivity contribution >= 4 is 22.5 Å². The Balaban J connectivity index is 1.18. The molecule has 5 heteroatoms. The number of piperidine rings is 1. The molecule has 3 aromatic rings. The first kappa shape index (κ1) is 18.3. The molecule has 5 rings (SSSR count). The summed E-state index contributed by atoms with van der Waals surface area (Å²) in [5.41, 5.74) is 3.52. The van der Waals surface area contributed by atoms with Gasteiger partial charge in [-0.2, -0.15) is 0 Å². The summed E-state index contributed by atoms with van der Waals surface area (Å²) in [7, 11) is 1.63. The molecule has 1 aliphatic carbocycles. The van der Waals surface area contributed by atoms with E-state index in [4.69, 9.17) is 4.74 Å². The molecule has 1 spiro atoms. The summed E-state index contributed by atoms with van der Waals surface area (Å²) in [5.74, 6) is 0.978. The van der Waals surface area contributed by atoms with E-state index in [1.54, 1.807) is 7.11 Å². The van der Waals surface area contributed by atoms with Crippen molar-refractivity contribution in [2.45, 2.75) is 25.8 Å². The number of anilines is 1. The van der Waals surface area contributed by atoms with E-state index in [9.17, 15) is 4.79 Å². The average Bonchev–Trinajstić information content (AvgIpc) is 3.32. The summed E-state index contributed by atoms with van der Waals surface area (Å²) in [6.45, 7) is 3.08. The van der Waals surface area contributed by atoms with Crippen molar-refractivity contribution in [2.24, 2.45) is 11.3 Å². The smallest absolute Gasteiger partial charge is 0.228 e. The van der Waals surface area contributed by atoms with Gasteiger partial charge in [-0.05, 0) is 61.5 Å². The van der Waals surface area contributed by atoms with Gasteiger partial charge in [0.2, 0.25) is 5.91 Å². The number of ether oxygens (including phenoxy) is 1. The van der Waals surface area contributed by atoms with Crippen LogP contribution in [-0.4, -0.2) is 36.0 Å². The van der Waals surface area contributed by atoms with Gasteiger partial charge in [0.25, 0.3) is 0 Å². The van der Waals surface area contributed by atoms with Crippen LogP contribution in [0.3, 0.4) is 0 Å². The Bertz CT molecular complexity index is 1030. The van der Waals surface area contributed by atoms with Crippen LogP contribution in [0.25, 0.3) is 10.9 Å². The van der Waals surface area contributed by atoms with E-state index >= 15 is 0 Å². The zero-order chi connectivity index (χ0) is 19.8. The second kappa shape index (κ2) is 7.23. The van der Waals surface area contributed by atoms with Crippen molar-refractivity contribution in [1.29, 1.82) is 0 Å². The second-order valence-electron chi connectivity index (χ2n) is 8.44. The summed E-state index contributed by atoms with van der Waals surface area (Å²) < 4.78 is 5.35. The first-order chi connectivity index (χ1) is 14.2. The molecule has 1 unspecified atom stereocenters. The lowest BCUT2D eigenvalue weighted by atomic mass is 9.90. The zero-order valence-corrected chi connectivity index (χ0v) is 16.8. The number of nitrogens with one attached hydrogen (secondary N) is 2. The summed E-state index contributed by atoms with van der Waals surface area (Å²) in [6, 6.07) is 16.1. The third-order valence-electron chi connectivity index (χ3n) is 6.79. The van der Waals surface area contributed by atoms with Gasteiger partial charge in [0, 0.05) is 29.6 Å². The predicted molar refractivity (Wildman–Crippen MR) is 115 cm³/mol. The average molecular weight is 389 g/mol. The van der Waals surface area contributed by atoms with Gasteiger partial charge in [-0.15, -0.1) is 0 Å². The fourth-order valence-electron chi connectivity index (χ4n) is 4.90. The number of benzene rings is 2. The van der Waals surface area contributed by atoms with Crippen LogP contribution in [0.2, 0.25) is 0 Å². The van der Waals surface area contributed by atoms with Gasteiger partial charge in [-0.1, -0.05) is 30.3 Å². The highest BCUT2D eigenvalue weighted by molar-refractivity contribution is 5.96. The van der Waals surface area contributed by atoms with Crippen molar-refractivity contribution in [3.8, 4) is 5.75 Å². The number of carbonyl (C=O) groups excluding carboxylic acids is 1. The number of amides is 1. The van der Waals surface area contributed by atoms with Gasteiger partial charge in [-0.3, -0.25) is 9.69 Å². The Kier molecular flexibility index (Phi) is 4.55. The highest BCUT2D eigenvalue weighted by atomic mass is 16.5. The van der Waals surface area contributed by atoms with Crippen LogP contribution in [0.15, 0.2) is 54.7 Å². The molecule has 0 radical (unpaired) electrons. The van der Waals surface area contributed by atoms with Crippen molar-refractivity contribution in [1.82, 2.24) is 9.88 Å². The first-order valence-electron chi connectivity index (χ1n) is 10.4. The minimum atomic E-state index is 0.127. The third-order valence-corrected chi connectivity index (χ3v) is 6.79. The standard InChI is InChI=1S/C24H27N3O2/c1-29-22-9-5-4-8-21(22)26-23(28)19-14-24(19)10-12-27(13-11-24)16-17-15-25-20-7-3-2-6-18(17)20/h2-9,15,19,25H,10-14,16H2,1H3,(H,26,28). The highest BCUT2D eigenvalue weighted by Crippen LogP contribution is 2.59. The van der Waals surface area contributed by atoms with E-state index < -0.39 is 0 Å². The van der Waals surface area contributed by atoms with Crippen molar-refractivity contribution in [3.63, 3.8) is 0 Å².